The van der Waals surface area contributed by atoms with Crippen molar-refractivity contribution in [1.29, 1.82) is 0 Å². The smallest absolute Gasteiger partial charge is 0.0103 e. The van der Waals surface area contributed by atoms with Gasteiger partial charge in [0.25, 0.3) is 0 Å². The minimum atomic E-state index is 0.460. The van der Waals surface area contributed by atoms with Crippen LogP contribution in [0.3, 0.4) is 0 Å². The summed E-state index contributed by atoms with van der Waals surface area (Å²) in [6, 6.07) is 1.49. The average Bonchev–Trinajstić information content (AvgIpc) is 2.67. The number of rotatable bonds is 3. The standard InChI is InChI=1S/C19H37N/c1-15(16-11-7-5-6-8-12-16)20-18-14-10-9-13-17(18)19(2,3)4/h15-18,20H,5-14H2,1-4H3/t15-,17?,18?/m1/s1. The molecule has 3 atom stereocenters. The van der Waals surface area contributed by atoms with Crippen molar-refractivity contribution in [3.8, 4) is 0 Å². The largest absolute Gasteiger partial charge is 0.311 e. The van der Waals surface area contributed by atoms with Crippen molar-refractivity contribution < 1.29 is 0 Å². The molecule has 0 heterocycles. The van der Waals surface area contributed by atoms with E-state index in [0.717, 1.165) is 23.9 Å². The molecule has 0 bridgehead atoms. The summed E-state index contributed by atoms with van der Waals surface area (Å²) in [5.74, 6) is 1.80. The molecule has 0 aromatic heterocycles. The molecule has 2 aliphatic carbocycles. The zero-order valence-corrected chi connectivity index (χ0v) is 14.4. The Hall–Kier alpha value is -0.0400. The average molecular weight is 280 g/mol. The van der Waals surface area contributed by atoms with Gasteiger partial charge in [-0.05, 0) is 49.9 Å². The summed E-state index contributed by atoms with van der Waals surface area (Å²) < 4.78 is 0. The highest BCUT2D eigenvalue weighted by molar-refractivity contribution is 4.90. The summed E-state index contributed by atoms with van der Waals surface area (Å²) in [6.07, 6.45) is 14.5. The lowest BCUT2D eigenvalue weighted by Gasteiger charge is -2.43. The van der Waals surface area contributed by atoms with Crippen LogP contribution in [0.5, 0.6) is 0 Å². The molecule has 118 valence electrons. The Morgan fingerprint density at radius 3 is 1.95 bits per heavy atom. The fourth-order valence-electron chi connectivity index (χ4n) is 4.65. The first-order chi connectivity index (χ1) is 9.48. The van der Waals surface area contributed by atoms with E-state index in [2.05, 4.69) is 33.0 Å². The second kappa shape index (κ2) is 7.29. The highest BCUT2D eigenvalue weighted by Crippen LogP contribution is 2.38. The van der Waals surface area contributed by atoms with E-state index in [4.69, 9.17) is 0 Å². The predicted molar refractivity (Wildman–Crippen MR) is 89.0 cm³/mol. The summed E-state index contributed by atoms with van der Waals surface area (Å²) in [5.41, 5.74) is 0.460. The van der Waals surface area contributed by atoms with Crippen LogP contribution in [0.1, 0.15) is 91.9 Å². The summed E-state index contributed by atoms with van der Waals surface area (Å²) >= 11 is 0. The van der Waals surface area contributed by atoms with Gasteiger partial charge in [-0.2, -0.15) is 0 Å². The fourth-order valence-corrected chi connectivity index (χ4v) is 4.65. The van der Waals surface area contributed by atoms with Gasteiger partial charge in [0.2, 0.25) is 0 Å². The Balaban J connectivity index is 1.92. The Bertz CT molecular complexity index is 270. The van der Waals surface area contributed by atoms with E-state index in [-0.39, 0.29) is 0 Å². The highest BCUT2D eigenvalue weighted by Gasteiger charge is 2.35. The summed E-state index contributed by atoms with van der Waals surface area (Å²) in [6.45, 7) is 9.78. The van der Waals surface area contributed by atoms with Gasteiger partial charge in [-0.15, -0.1) is 0 Å². The van der Waals surface area contributed by atoms with Crippen LogP contribution >= 0.6 is 0 Å². The first kappa shape index (κ1) is 16.3. The molecule has 2 fully saturated rings. The van der Waals surface area contributed by atoms with Gasteiger partial charge in [-0.3, -0.25) is 0 Å². The van der Waals surface area contributed by atoms with Gasteiger partial charge < -0.3 is 5.32 Å². The molecule has 1 heteroatoms. The fraction of sp³-hybridized carbons (Fsp3) is 1.00. The van der Waals surface area contributed by atoms with Crippen molar-refractivity contribution in [3.63, 3.8) is 0 Å². The maximum Gasteiger partial charge on any atom is 0.0103 e. The Morgan fingerprint density at radius 2 is 1.35 bits per heavy atom. The lowest BCUT2D eigenvalue weighted by molar-refractivity contribution is 0.115. The number of hydrogen-bond acceptors (Lipinski definition) is 1. The second-order valence-electron chi connectivity index (χ2n) is 8.57. The maximum absolute atomic E-state index is 4.07. The lowest BCUT2D eigenvalue weighted by atomic mass is 9.69. The molecule has 0 spiro atoms. The van der Waals surface area contributed by atoms with E-state index in [0.29, 0.717) is 5.41 Å². The van der Waals surface area contributed by atoms with Crippen molar-refractivity contribution >= 4 is 0 Å². The van der Waals surface area contributed by atoms with Crippen LogP contribution in [0.15, 0.2) is 0 Å². The molecule has 0 aromatic carbocycles. The molecule has 0 saturated heterocycles. The first-order valence-electron chi connectivity index (χ1n) is 9.24. The van der Waals surface area contributed by atoms with Crippen molar-refractivity contribution in [1.82, 2.24) is 5.32 Å². The summed E-state index contributed by atoms with van der Waals surface area (Å²) in [5, 5.41) is 4.07. The molecule has 0 aliphatic heterocycles. The monoisotopic (exact) mass is 279 g/mol. The Kier molecular flexibility index (Phi) is 5.95. The van der Waals surface area contributed by atoms with E-state index < -0.39 is 0 Å². The third-order valence-corrected chi connectivity index (χ3v) is 5.96. The molecule has 0 radical (unpaired) electrons. The van der Waals surface area contributed by atoms with Crippen molar-refractivity contribution in [3.05, 3.63) is 0 Å². The van der Waals surface area contributed by atoms with Crippen LogP contribution in [0, 0.1) is 17.3 Å². The van der Waals surface area contributed by atoms with Crippen LogP contribution in [-0.2, 0) is 0 Å². The molecule has 1 N–H and O–H groups in total. The molecule has 0 aromatic rings. The third kappa shape index (κ3) is 4.48. The van der Waals surface area contributed by atoms with Crippen molar-refractivity contribution in [2.75, 3.05) is 0 Å². The lowest BCUT2D eigenvalue weighted by Crippen LogP contribution is -2.49. The molecule has 2 aliphatic rings. The van der Waals surface area contributed by atoms with Gasteiger partial charge in [0, 0.05) is 12.1 Å². The van der Waals surface area contributed by atoms with Crippen molar-refractivity contribution in [2.45, 2.75) is 104 Å². The van der Waals surface area contributed by atoms with E-state index in [9.17, 15) is 0 Å². The molecule has 2 rings (SSSR count). The van der Waals surface area contributed by atoms with Gasteiger partial charge in [0.05, 0.1) is 0 Å². The third-order valence-electron chi connectivity index (χ3n) is 5.96. The van der Waals surface area contributed by atoms with Gasteiger partial charge >= 0.3 is 0 Å². The van der Waals surface area contributed by atoms with Gasteiger partial charge in [0.15, 0.2) is 0 Å². The summed E-state index contributed by atoms with van der Waals surface area (Å²) in [4.78, 5) is 0. The zero-order valence-electron chi connectivity index (χ0n) is 14.4. The Morgan fingerprint density at radius 1 is 0.800 bits per heavy atom. The minimum Gasteiger partial charge on any atom is -0.311 e. The molecule has 2 unspecified atom stereocenters. The van der Waals surface area contributed by atoms with Crippen LogP contribution in [0.4, 0.5) is 0 Å². The normalized spacial score (nSPS) is 31.8. The van der Waals surface area contributed by atoms with E-state index in [1.807, 2.05) is 0 Å². The predicted octanol–water partition coefficient (Wildman–Crippen LogP) is 5.54. The highest BCUT2D eigenvalue weighted by atomic mass is 15.0. The molecule has 20 heavy (non-hydrogen) atoms. The maximum atomic E-state index is 4.07. The van der Waals surface area contributed by atoms with Crippen LogP contribution in [0.25, 0.3) is 0 Å². The quantitative estimate of drug-likeness (QED) is 0.669. The van der Waals surface area contributed by atoms with Gasteiger partial charge in [-0.1, -0.05) is 59.3 Å². The zero-order chi connectivity index (χ0) is 14.6. The van der Waals surface area contributed by atoms with Crippen LogP contribution in [0.2, 0.25) is 0 Å². The minimum absolute atomic E-state index is 0.460. The van der Waals surface area contributed by atoms with Crippen LogP contribution in [-0.4, -0.2) is 12.1 Å². The summed E-state index contributed by atoms with van der Waals surface area (Å²) in [7, 11) is 0. The first-order valence-corrected chi connectivity index (χ1v) is 9.24. The molecule has 0 amide bonds. The van der Waals surface area contributed by atoms with Gasteiger partial charge in [-0.25, -0.2) is 0 Å². The number of hydrogen-bond donors (Lipinski definition) is 1. The van der Waals surface area contributed by atoms with E-state index in [1.54, 1.807) is 0 Å². The topological polar surface area (TPSA) is 12.0 Å². The van der Waals surface area contributed by atoms with E-state index >= 15 is 0 Å². The Labute approximate surface area is 127 Å². The molecular weight excluding hydrogens is 242 g/mol. The molecule has 2 saturated carbocycles. The molecular formula is C19H37N. The molecule has 1 nitrogen and oxygen atoms in total. The number of nitrogens with one attached hydrogen (secondary N) is 1. The van der Waals surface area contributed by atoms with E-state index in [1.165, 1.54) is 64.2 Å². The SMILES string of the molecule is C[C@@H](NC1CCCCC1C(C)(C)C)C1CCCCCC1. The second-order valence-corrected chi connectivity index (χ2v) is 8.57. The van der Waals surface area contributed by atoms with Gasteiger partial charge in [0.1, 0.15) is 0 Å². The van der Waals surface area contributed by atoms with Crippen molar-refractivity contribution in [2.24, 2.45) is 17.3 Å². The van der Waals surface area contributed by atoms with Crippen LogP contribution < -0.4 is 5.32 Å².